The van der Waals surface area contributed by atoms with Crippen molar-refractivity contribution >= 4 is 27.6 Å². The first-order chi connectivity index (χ1) is 13.2. The van der Waals surface area contributed by atoms with E-state index < -0.39 is 32.3 Å². The molecule has 2 aromatic carbocycles. The number of sulfonamides is 1. The van der Waals surface area contributed by atoms with Gasteiger partial charge in [-0.25, -0.2) is 17.2 Å². The van der Waals surface area contributed by atoms with Crippen molar-refractivity contribution in [1.29, 1.82) is 0 Å². The highest BCUT2D eigenvalue weighted by Gasteiger charge is 2.25. The summed E-state index contributed by atoms with van der Waals surface area (Å²) in [5.74, 6) is -1.59. The lowest BCUT2D eigenvalue weighted by atomic mass is 10.2. The van der Waals surface area contributed by atoms with Crippen LogP contribution in [0, 0.1) is 21.7 Å². The van der Waals surface area contributed by atoms with E-state index in [1.165, 1.54) is 16.4 Å². The zero-order valence-electron chi connectivity index (χ0n) is 15.1. The average molecular weight is 412 g/mol. The Morgan fingerprint density at radius 2 is 1.86 bits per heavy atom. The van der Waals surface area contributed by atoms with Gasteiger partial charge in [-0.3, -0.25) is 15.5 Å². The summed E-state index contributed by atoms with van der Waals surface area (Å²) in [5, 5.41) is 15.0. The second-order valence-electron chi connectivity index (χ2n) is 5.56. The number of nitro groups is 1. The van der Waals surface area contributed by atoms with Crippen LogP contribution in [0.25, 0.3) is 0 Å². The van der Waals surface area contributed by atoms with Gasteiger partial charge in [0.2, 0.25) is 10.0 Å². The number of nitro benzene ring substituents is 1. The van der Waals surface area contributed by atoms with Crippen LogP contribution in [0.2, 0.25) is 0 Å². The van der Waals surface area contributed by atoms with Gasteiger partial charge in [0.05, 0.1) is 16.0 Å². The molecule has 0 amide bonds. The molecule has 0 saturated heterocycles. The number of benzene rings is 2. The molecule has 0 aliphatic heterocycles. The Morgan fingerprint density at radius 1 is 1.18 bits per heavy atom. The van der Waals surface area contributed by atoms with E-state index in [0.29, 0.717) is 6.07 Å². The number of hydrazone groups is 1. The van der Waals surface area contributed by atoms with Gasteiger partial charge in [-0.05, 0) is 24.3 Å². The van der Waals surface area contributed by atoms with Crippen molar-refractivity contribution in [2.24, 2.45) is 5.10 Å². The third-order valence-corrected chi connectivity index (χ3v) is 5.91. The van der Waals surface area contributed by atoms with Crippen LogP contribution in [-0.2, 0) is 10.0 Å². The summed E-state index contributed by atoms with van der Waals surface area (Å²) in [6.45, 7) is 3.77. The summed E-state index contributed by atoms with van der Waals surface area (Å²) >= 11 is 0. The Hall–Kier alpha value is -2.92. The molecule has 0 radical (unpaired) electrons. The molecule has 0 atom stereocenters. The highest BCUT2D eigenvalue weighted by atomic mass is 32.2. The SMILES string of the molecule is CCN(CC)S(=O)(=O)c1ccc(NN=Cc2ccc(F)cc2F)c([N+](=O)[O-])c1. The van der Waals surface area contributed by atoms with E-state index in [9.17, 15) is 27.3 Å². The van der Waals surface area contributed by atoms with Crippen molar-refractivity contribution < 1.29 is 22.1 Å². The molecule has 0 heterocycles. The van der Waals surface area contributed by atoms with Crippen LogP contribution in [0.1, 0.15) is 19.4 Å². The van der Waals surface area contributed by atoms with E-state index >= 15 is 0 Å². The van der Waals surface area contributed by atoms with E-state index in [2.05, 4.69) is 10.5 Å². The van der Waals surface area contributed by atoms with Crippen LogP contribution >= 0.6 is 0 Å². The van der Waals surface area contributed by atoms with Crippen molar-refractivity contribution in [3.63, 3.8) is 0 Å². The van der Waals surface area contributed by atoms with Gasteiger partial charge in [-0.2, -0.15) is 9.41 Å². The zero-order chi connectivity index (χ0) is 20.9. The number of anilines is 1. The molecule has 0 unspecified atom stereocenters. The second-order valence-corrected chi connectivity index (χ2v) is 7.50. The molecule has 2 rings (SSSR count). The van der Waals surface area contributed by atoms with Crippen LogP contribution in [-0.4, -0.2) is 37.0 Å². The Labute approximate surface area is 160 Å². The van der Waals surface area contributed by atoms with Gasteiger partial charge in [0.15, 0.2) is 0 Å². The van der Waals surface area contributed by atoms with Crippen molar-refractivity contribution in [1.82, 2.24) is 4.31 Å². The van der Waals surface area contributed by atoms with E-state index in [-0.39, 0.29) is 29.2 Å². The van der Waals surface area contributed by atoms with Gasteiger partial charge in [-0.15, -0.1) is 0 Å². The Kier molecular flexibility index (Phi) is 6.75. The first-order valence-electron chi connectivity index (χ1n) is 8.23. The van der Waals surface area contributed by atoms with Crippen molar-refractivity contribution in [2.45, 2.75) is 18.7 Å². The third-order valence-electron chi connectivity index (χ3n) is 3.86. The minimum atomic E-state index is -3.87. The first kappa shape index (κ1) is 21.4. The maximum atomic E-state index is 13.6. The fourth-order valence-corrected chi connectivity index (χ4v) is 3.89. The third kappa shape index (κ3) is 4.67. The normalized spacial score (nSPS) is 11.9. The van der Waals surface area contributed by atoms with E-state index in [0.717, 1.165) is 24.4 Å². The Balaban J connectivity index is 2.33. The molecule has 0 bridgehead atoms. The van der Waals surface area contributed by atoms with Gasteiger partial charge < -0.3 is 0 Å². The molecule has 0 saturated carbocycles. The van der Waals surface area contributed by atoms with Gasteiger partial charge in [0, 0.05) is 30.8 Å². The van der Waals surface area contributed by atoms with Crippen LogP contribution in [0.3, 0.4) is 0 Å². The lowest BCUT2D eigenvalue weighted by molar-refractivity contribution is -0.384. The van der Waals surface area contributed by atoms with Crippen molar-refractivity contribution in [3.8, 4) is 0 Å². The molecular weight excluding hydrogens is 394 g/mol. The monoisotopic (exact) mass is 412 g/mol. The number of rotatable bonds is 8. The van der Waals surface area contributed by atoms with Crippen LogP contribution in [0.15, 0.2) is 46.4 Å². The predicted octanol–water partition coefficient (Wildman–Crippen LogP) is 3.35. The standard InChI is InChI=1S/C17H18F2N4O4S/c1-3-22(4-2)28(26,27)14-7-8-16(17(10-14)23(24)25)21-20-11-12-5-6-13(18)9-15(12)19/h5-11,21H,3-4H2,1-2H3. The highest BCUT2D eigenvalue weighted by Crippen LogP contribution is 2.29. The average Bonchev–Trinajstić information content (AvgIpc) is 2.64. The van der Waals surface area contributed by atoms with Gasteiger partial charge in [0.25, 0.3) is 5.69 Å². The quantitative estimate of drug-likeness (QED) is 0.407. The topological polar surface area (TPSA) is 105 Å². The van der Waals surface area contributed by atoms with Crippen molar-refractivity contribution in [2.75, 3.05) is 18.5 Å². The summed E-state index contributed by atoms with van der Waals surface area (Å²) in [7, 11) is -3.87. The molecule has 0 aliphatic carbocycles. The molecule has 0 spiro atoms. The largest absolute Gasteiger partial charge is 0.295 e. The molecule has 0 aromatic heterocycles. The molecule has 11 heteroatoms. The van der Waals surface area contributed by atoms with Crippen LogP contribution in [0.4, 0.5) is 20.2 Å². The molecule has 28 heavy (non-hydrogen) atoms. The lowest BCUT2D eigenvalue weighted by Gasteiger charge is -2.18. The molecule has 0 fully saturated rings. The number of nitrogens with zero attached hydrogens (tertiary/aromatic N) is 3. The van der Waals surface area contributed by atoms with E-state index in [1.807, 2.05) is 0 Å². The van der Waals surface area contributed by atoms with E-state index in [4.69, 9.17) is 0 Å². The minimum Gasteiger partial charge on any atom is -0.272 e. The molecule has 8 nitrogen and oxygen atoms in total. The summed E-state index contributed by atoms with van der Waals surface area (Å²) in [6, 6.07) is 6.23. The molecule has 1 N–H and O–H groups in total. The van der Waals surface area contributed by atoms with Crippen LogP contribution in [0.5, 0.6) is 0 Å². The lowest BCUT2D eigenvalue weighted by Crippen LogP contribution is -2.30. The van der Waals surface area contributed by atoms with Gasteiger partial charge in [-0.1, -0.05) is 13.8 Å². The summed E-state index contributed by atoms with van der Waals surface area (Å²) in [5.41, 5.74) is 1.76. The molecule has 2 aromatic rings. The summed E-state index contributed by atoms with van der Waals surface area (Å²) in [6.07, 6.45) is 1.03. The number of nitrogens with one attached hydrogen (secondary N) is 1. The minimum absolute atomic E-state index is 0.0303. The van der Waals surface area contributed by atoms with Crippen LogP contribution < -0.4 is 5.43 Å². The highest BCUT2D eigenvalue weighted by molar-refractivity contribution is 7.89. The first-order valence-corrected chi connectivity index (χ1v) is 9.67. The molecular formula is C17H18F2N4O4S. The van der Waals surface area contributed by atoms with E-state index in [1.54, 1.807) is 13.8 Å². The summed E-state index contributed by atoms with van der Waals surface area (Å²) in [4.78, 5) is 10.4. The Morgan fingerprint density at radius 3 is 2.43 bits per heavy atom. The smallest absolute Gasteiger partial charge is 0.272 e. The fraction of sp³-hybridized carbons (Fsp3) is 0.235. The number of hydrogen-bond donors (Lipinski definition) is 1. The number of halogens is 2. The maximum Gasteiger partial charge on any atom is 0.295 e. The molecule has 150 valence electrons. The maximum absolute atomic E-state index is 13.6. The Bertz CT molecular complexity index is 1010. The van der Waals surface area contributed by atoms with Gasteiger partial charge >= 0.3 is 0 Å². The predicted molar refractivity (Wildman–Crippen MR) is 101 cm³/mol. The second kappa shape index (κ2) is 8.85. The zero-order valence-corrected chi connectivity index (χ0v) is 15.9. The fourth-order valence-electron chi connectivity index (χ4n) is 2.41. The van der Waals surface area contributed by atoms with Crippen molar-refractivity contribution in [3.05, 3.63) is 63.7 Å². The number of hydrogen-bond acceptors (Lipinski definition) is 6. The van der Waals surface area contributed by atoms with Gasteiger partial charge in [0.1, 0.15) is 17.3 Å². The molecule has 0 aliphatic rings. The summed E-state index contributed by atoms with van der Waals surface area (Å²) < 4.78 is 52.7.